The normalized spacial score (nSPS) is 13.9. The molecular weight excluding hydrogens is 298 g/mol. The number of carbonyl (C=O) groups is 2. The minimum atomic E-state index is -2.05. The van der Waals surface area contributed by atoms with Crippen molar-refractivity contribution in [2.24, 2.45) is 0 Å². The molecule has 112 valence electrons. The highest BCUT2D eigenvalue weighted by molar-refractivity contribution is 6.35. The zero-order valence-corrected chi connectivity index (χ0v) is 12.2. The Kier molecular flexibility index (Phi) is 3.93. The van der Waals surface area contributed by atoms with Gasteiger partial charge in [0.15, 0.2) is 16.9 Å². The smallest absolute Gasteiger partial charge is 0.337 e. The van der Waals surface area contributed by atoms with Gasteiger partial charge in [-0.1, -0.05) is 23.7 Å². The first-order valence-electron chi connectivity index (χ1n) is 6.15. The second kappa shape index (κ2) is 5.38. The molecule has 0 bridgehead atoms. The van der Waals surface area contributed by atoms with E-state index in [4.69, 9.17) is 21.1 Å². The molecule has 21 heavy (non-hydrogen) atoms. The van der Waals surface area contributed by atoms with E-state index < -0.39 is 24.0 Å². The van der Waals surface area contributed by atoms with Gasteiger partial charge in [-0.15, -0.1) is 0 Å². The maximum atomic E-state index is 12.1. The fraction of sp³-hybridized carbons (Fsp3) is 0.286. The predicted octanol–water partition coefficient (Wildman–Crippen LogP) is 1.96. The van der Waals surface area contributed by atoms with Crippen LogP contribution in [0.2, 0.25) is 5.02 Å². The summed E-state index contributed by atoms with van der Waals surface area (Å²) in [6.07, 6.45) is 0. The van der Waals surface area contributed by atoms with Crippen LogP contribution in [0.25, 0.3) is 11.0 Å². The van der Waals surface area contributed by atoms with Crippen LogP contribution >= 0.6 is 11.6 Å². The third kappa shape index (κ3) is 2.86. The number of benzene rings is 1. The molecule has 0 radical (unpaired) electrons. The largest absolute Gasteiger partial charge is 0.479 e. The number of hydrogen-bond donors (Lipinski definition) is 3. The Hall–Kier alpha value is -2.05. The number of rotatable bonds is 4. The van der Waals surface area contributed by atoms with Gasteiger partial charge in [-0.3, -0.25) is 4.79 Å². The third-order valence-electron chi connectivity index (χ3n) is 3.18. The average Bonchev–Trinajstić information content (AvgIpc) is 2.75. The minimum Gasteiger partial charge on any atom is -0.479 e. The Labute approximate surface area is 125 Å². The van der Waals surface area contributed by atoms with Crippen LogP contribution in [-0.2, 0) is 4.79 Å². The lowest BCUT2D eigenvalue weighted by atomic mass is 10.1. The van der Waals surface area contributed by atoms with Gasteiger partial charge in [0.1, 0.15) is 0 Å². The molecule has 0 aliphatic rings. The second-order valence-electron chi connectivity index (χ2n) is 4.93. The van der Waals surface area contributed by atoms with Crippen LogP contribution < -0.4 is 5.32 Å². The Morgan fingerprint density at radius 3 is 2.67 bits per heavy atom. The molecule has 1 atom stereocenters. The first-order valence-corrected chi connectivity index (χ1v) is 6.53. The highest BCUT2D eigenvalue weighted by atomic mass is 35.5. The number of halogens is 1. The standard InChI is InChI=1S/C14H14ClNO5/c1-7-8-4-3-5-9(15)11(8)21-10(7)12(17)16-6-14(2,20)13(18)19/h3-5,20H,6H2,1-2H3,(H,16,17)(H,18,19). The number of aliphatic carboxylic acids is 1. The Balaban J connectivity index is 2.27. The first-order chi connectivity index (χ1) is 9.74. The summed E-state index contributed by atoms with van der Waals surface area (Å²) < 4.78 is 5.44. The van der Waals surface area contributed by atoms with Crippen LogP contribution in [0.1, 0.15) is 23.0 Å². The van der Waals surface area contributed by atoms with E-state index in [2.05, 4.69) is 5.32 Å². The summed E-state index contributed by atoms with van der Waals surface area (Å²) in [5.74, 6) is -1.99. The second-order valence-corrected chi connectivity index (χ2v) is 5.34. The molecule has 2 rings (SSSR count). The van der Waals surface area contributed by atoms with Crippen molar-refractivity contribution in [1.29, 1.82) is 0 Å². The molecule has 1 amide bonds. The molecule has 0 aliphatic carbocycles. The summed E-state index contributed by atoms with van der Waals surface area (Å²) in [5, 5.41) is 21.8. The molecule has 1 aromatic carbocycles. The highest BCUT2D eigenvalue weighted by Crippen LogP contribution is 2.30. The van der Waals surface area contributed by atoms with Crippen LogP contribution in [-0.4, -0.2) is 34.2 Å². The van der Waals surface area contributed by atoms with Gasteiger partial charge < -0.3 is 19.9 Å². The lowest BCUT2D eigenvalue weighted by Gasteiger charge is -2.17. The molecule has 1 aromatic heterocycles. The summed E-state index contributed by atoms with van der Waals surface area (Å²) in [6.45, 7) is 2.36. The number of aliphatic hydroxyl groups is 1. The van der Waals surface area contributed by atoms with Crippen LogP contribution in [0.5, 0.6) is 0 Å². The molecule has 0 fully saturated rings. The van der Waals surface area contributed by atoms with Crippen LogP contribution in [0.3, 0.4) is 0 Å². The average molecular weight is 312 g/mol. The van der Waals surface area contributed by atoms with Gasteiger partial charge in [0, 0.05) is 10.9 Å². The number of para-hydroxylation sites is 1. The number of hydrogen-bond acceptors (Lipinski definition) is 4. The van der Waals surface area contributed by atoms with Crippen molar-refractivity contribution in [3.8, 4) is 0 Å². The van der Waals surface area contributed by atoms with E-state index in [9.17, 15) is 14.7 Å². The zero-order chi connectivity index (χ0) is 15.8. The van der Waals surface area contributed by atoms with Gasteiger partial charge in [0.2, 0.25) is 0 Å². The number of amides is 1. The van der Waals surface area contributed by atoms with E-state index in [0.29, 0.717) is 21.6 Å². The molecule has 2 aromatic rings. The summed E-state index contributed by atoms with van der Waals surface area (Å²) in [6, 6.07) is 5.15. The fourth-order valence-electron chi connectivity index (χ4n) is 1.83. The van der Waals surface area contributed by atoms with E-state index in [0.717, 1.165) is 6.92 Å². The van der Waals surface area contributed by atoms with Crippen molar-refractivity contribution >= 4 is 34.4 Å². The molecule has 0 aliphatic heterocycles. The van der Waals surface area contributed by atoms with Gasteiger partial charge in [0.05, 0.1) is 11.6 Å². The molecular formula is C14H14ClNO5. The number of aryl methyl sites for hydroxylation is 1. The maximum Gasteiger partial charge on any atom is 0.337 e. The SMILES string of the molecule is Cc1c(C(=O)NCC(C)(O)C(=O)O)oc2c(Cl)cccc12. The van der Waals surface area contributed by atoms with Crippen molar-refractivity contribution < 1.29 is 24.2 Å². The van der Waals surface area contributed by atoms with Gasteiger partial charge in [0.25, 0.3) is 5.91 Å². The van der Waals surface area contributed by atoms with Crippen LogP contribution in [0.15, 0.2) is 22.6 Å². The number of fused-ring (bicyclic) bond motifs is 1. The van der Waals surface area contributed by atoms with Gasteiger partial charge in [-0.05, 0) is 19.9 Å². The maximum absolute atomic E-state index is 12.1. The molecule has 1 unspecified atom stereocenters. The lowest BCUT2D eigenvalue weighted by molar-refractivity contribution is -0.155. The number of carbonyl (C=O) groups excluding carboxylic acids is 1. The summed E-state index contributed by atoms with van der Waals surface area (Å²) in [7, 11) is 0. The number of nitrogens with one attached hydrogen (secondary N) is 1. The van der Waals surface area contributed by atoms with Gasteiger partial charge in [-0.25, -0.2) is 4.79 Å². The Morgan fingerprint density at radius 2 is 2.10 bits per heavy atom. The van der Waals surface area contributed by atoms with E-state index in [1.165, 1.54) is 0 Å². The van der Waals surface area contributed by atoms with E-state index in [1.54, 1.807) is 25.1 Å². The quantitative estimate of drug-likeness (QED) is 0.801. The van der Waals surface area contributed by atoms with Crippen molar-refractivity contribution in [2.75, 3.05) is 6.54 Å². The zero-order valence-electron chi connectivity index (χ0n) is 11.4. The first kappa shape index (κ1) is 15.3. The fourth-order valence-corrected chi connectivity index (χ4v) is 2.05. The molecule has 3 N–H and O–H groups in total. The number of carboxylic acids is 1. The number of furan rings is 1. The molecule has 1 heterocycles. The summed E-state index contributed by atoms with van der Waals surface area (Å²) in [5.41, 5.74) is -1.06. The van der Waals surface area contributed by atoms with Crippen molar-refractivity contribution in [3.05, 3.63) is 34.5 Å². The highest BCUT2D eigenvalue weighted by Gasteiger charge is 2.31. The monoisotopic (exact) mass is 311 g/mol. The third-order valence-corrected chi connectivity index (χ3v) is 3.47. The van der Waals surface area contributed by atoms with E-state index >= 15 is 0 Å². The Morgan fingerprint density at radius 1 is 1.43 bits per heavy atom. The molecule has 0 saturated heterocycles. The molecule has 0 saturated carbocycles. The predicted molar refractivity (Wildman–Crippen MR) is 76.6 cm³/mol. The van der Waals surface area contributed by atoms with E-state index in [-0.39, 0.29) is 5.76 Å². The van der Waals surface area contributed by atoms with Crippen molar-refractivity contribution in [1.82, 2.24) is 5.32 Å². The van der Waals surface area contributed by atoms with Crippen molar-refractivity contribution in [3.63, 3.8) is 0 Å². The van der Waals surface area contributed by atoms with Crippen LogP contribution in [0.4, 0.5) is 0 Å². The van der Waals surface area contributed by atoms with Crippen LogP contribution in [0, 0.1) is 6.92 Å². The lowest BCUT2D eigenvalue weighted by Crippen LogP contribution is -2.46. The molecule has 0 spiro atoms. The Bertz CT molecular complexity index is 719. The summed E-state index contributed by atoms with van der Waals surface area (Å²) in [4.78, 5) is 22.8. The van der Waals surface area contributed by atoms with Crippen molar-refractivity contribution in [2.45, 2.75) is 19.4 Å². The van der Waals surface area contributed by atoms with Gasteiger partial charge in [-0.2, -0.15) is 0 Å². The minimum absolute atomic E-state index is 0.0410. The molecule has 7 heteroatoms. The summed E-state index contributed by atoms with van der Waals surface area (Å²) >= 11 is 6.00. The topological polar surface area (TPSA) is 99.8 Å². The number of carboxylic acid groups (broad SMARTS) is 1. The molecule has 6 nitrogen and oxygen atoms in total. The van der Waals surface area contributed by atoms with E-state index in [1.807, 2.05) is 0 Å². The van der Waals surface area contributed by atoms with Gasteiger partial charge >= 0.3 is 5.97 Å².